The molecule has 1 unspecified atom stereocenters. The highest BCUT2D eigenvalue weighted by Crippen LogP contribution is 2.37. The van der Waals surface area contributed by atoms with E-state index in [2.05, 4.69) is 13.8 Å². The van der Waals surface area contributed by atoms with E-state index in [1.54, 1.807) is 0 Å². The van der Waals surface area contributed by atoms with Crippen LogP contribution in [0.2, 0.25) is 0 Å². The van der Waals surface area contributed by atoms with Crippen LogP contribution in [0.3, 0.4) is 0 Å². The Kier molecular flexibility index (Phi) is 4.78. The number of amides is 1. The van der Waals surface area contributed by atoms with Crippen LogP contribution in [0.1, 0.15) is 52.4 Å². The van der Waals surface area contributed by atoms with Crippen molar-refractivity contribution in [3.8, 4) is 0 Å². The number of carbonyl (C=O) groups excluding carboxylic acids is 1. The van der Waals surface area contributed by atoms with Crippen LogP contribution in [0.5, 0.6) is 0 Å². The number of hydrogen-bond acceptors (Lipinski definition) is 2. The standard InChI is InChI=1S/C13H26N2O/c1-11(7-10-14)15(3)12(16)13(2)8-5-4-6-9-13/h11H,4-10,14H2,1-3H3. The van der Waals surface area contributed by atoms with Gasteiger partial charge in [-0.1, -0.05) is 26.2 Å². The molecule has 0 bridgehead atoms. The number of hydrogen-bond donors (Lipinski definition) is 1. The zero-order chi connectivity index (χ0) is 12.2. The lowest BCUT2D eigenvalue weighted by atomic mass is 9.74. The quantitative estimate of drug-likeness (QED) is 0.798. The second-order valence-corrected chi connectivity index (χ2v) is 5.46. The van der Waals surface area contributed by atoms with E-state index in [0.29, 0.717) is 12.5 Å². The van der Waals surface area contributed by atoms with E-state index in [9.17, 15) is 4.79 Å². The van der Waals surface area contributed by atoms with Crippen LogP contribution < -0.4 is 5.73 Å². The molecule has 0 aliphatic heterocycles. The maximum Gasteiger partial charge on any atom is 0.228 e. The first kappa shape index (κ1) is 13.5. The minimum Gasteiger partial charge on any atom is -0.343 e. The molecule has 1 fully saturated rings. The topological polar surface area (TPSA) is 46.3 Å². The Labute approximate surface area is 99.4 Å². The van der Waals surface area contributed by atoms with Gasteiger partial charge in [0.25, 0.3) is 0 Å². The van der Waals surface area contributed by atoms with Crippen LogP contribution in [0.15, 0.2) is 0 Å². The smallest absolute Gasteiger partial charge is 0.228 e. The summed E-state index contributed by atoms with van der Waals surface area (Å²) in [7, 11) is 1.92. The van der Waals surface area contributed by atoms with Crippen molar-refractivity contribution in [2.75, 3.05) is 13.6 Å². The van der Waals surface area contributed by atoms with E-state index in [-0.39, 0.29) is 11.5 Å². The third kappa shape index (κ3) is 2.97. The first-order valence-corrected chi connectivity index (χ1v) is 6.48. The van der Waals surface area contributed by atoms with E-state index in [0.717, 1.165) is 19.3 Å². The van der Waals surface area contributed by atoms with Crippen LogP contribution in [0.4, 0.5) is 0 Å². The molecule has 1 aliphatic carbocycles. The van der Waals surface area contributed by atoms with Gasteiger partial charge in [-0.05, 0) is 32.7 Å². The fraction of sp³-hybridized carbons (Fsp3) is 0.923. The molecule has 0 heterocycles. The minimum atomic E-state index is -0.115. The summed E-state index contributed by atoms with van der Waals surface area (Å²) in [6.45, 7) is 4.85. The highest BCUT2D eigenvalue weighted by molar-refractivity contribution is 5.82. The van der Waals surface area contributed by atoms with Gasteiger partial charge in [0.15, 0.2) is 0 Å². The van der Waals surface area contributed by atoms with Gasteiger partial charge in [0, 0.05) is 18.5 Å². The van der Waals surface area contributed by atoms with Crippen LogP contribution >= 0.6 is 0 Å². The average Bonchev–Trinajstić information content (AvgIpc) is 2.28. The predicted molar refractivity (Wildman–Crippen MR) is 67.1 cm³/mol. The van der Waals surface area contributed by atoms with E-state index < -0.39 is 0 Å². The fourth-order valence-corrected chi connectivity index (χ4v) is 2.61. The molecule has 0 radical (unpaired) electrons. The molecule has 1 amide bonds. The molecular formula is C13H26N2O. The van der Waals surface area contributed by atoms with Gasteiger partial charge in [-0.25, -0.2) is 0 Å². The highest BCUT2D eigenvalue weighted by atomic mass is 16.2. The molecule has 3 heteroatoms. The number of nitrogens with two attached hydrogens (primary N) is 1. The molecule has 0 saturated heterocycles. The molecule has 0 spiro atoms. The van der Waals surface area contributed by atoms with Crippen molar-refractivity contribution in [3.05, 3.63) is 0 Å². The van der Waals surface area contributed by atoms with Crippen molar-refractivity contribution in [2.45, 2.75) is 58.4 Å². The molecular weight excluding hydrogens is 200 g/mol. The van der Waals surface area contributed by atoms with Crippen LogP contribution in [0.25, 0.3) is 0 Å². The van der Waals surface area contributed by atoms with Crippen molar-refractivity contribution < 1.29 is 4.79 Å². The predicted octanol–water partition coefficient (Wildman–Crippen LogP) is 2.15. The highest BCUT2D eigenvalue weighted by Gasteiger charge is 2.37. The summed E-state index contributed by atoms with van der Waals surface area (Å²) >= 11 is 0. The molecule has 1 atom stereocenters. The molecule has 0 aromatic rings. The third-order valence-corrected chi connectivity index (χ3v) is 4.04. The second kappa shape index (κ2) is 5.67. The summed E-state index contributed by atoms with van der Waals surface area (Å²) in [5.41, 5.74) is 5.43. The fourth-order valence-electron chi connectivity index (χ4n) is 2.61. The number of carbonyl (C=O) groups is 1. The van der Waals surface area contributed by atoms with Crippen molar-refractivity contribution in [1.82, 2.24) is 4.90 Å². The van der Waals surface area contributed by atoms with Crippen LogP contribution in [-0.2, 0) is 4.79 Å². The molecule has 1 rings (SSSR count). The van der Waals surface area contributed by atoms with Crippen LogP contribution in [-0.4, -0.2) is 30.4 Å². The second-order valence-electron chi connectivity index (χ2n) is 5.46. The summed E-state index contributed by atoms with van der Waals surface area (Å²) in [6.07, 6.45) is 6.66. The first-order chi connectivity index (χ1) is 7.51. The third-order valence-electron chi connectivity index (χ3n) is 4.04. The number of rotatable bonds is 4. The van der Waals surface area contributed by atoms with Crippen molar-refractivity contribution in [1.29, 1.82) is 0 Å². The minimum absolute atomic E-state index is 0.115. The lowest BCUT2D eigenvalue weighted by molar-refractivity contribution is -0.143. The lowest BCUT2D eigenvalue weighted by Crippen LogP contribution is -2.45. The molecule has 0 aromatic carbocycles. The van der Waals surface area contributed by atoms with Gasteiger partial charge >= 0.3 is 0 Å². The summed E-state index contributed by atoms with van der Waals surface area (Å²) in [4.78, 5) is 14.3. The van der Waals surface area contributed by atoms with Gasteiger partial charge in [-0.3, -0.25) is 4.79 Å². The van der Waals surface area contributed by atoms with Gasteiger partial charge in [0.2, 0.25) is 5.91 Å². The Morgan fingerprint density at radius 1 is 1.38 bits per heavy atom. The van der Waals surface area contributed by atoms with Crippen molar-refractivity contribution >= 4 is 5.91 Å². The van der Waals surface area contributed by atoms with Gasteiger partial charge in [0.05, 0.1) is 0 Å². The molecule has 16 heavy (non-hydrogen) atoms. The zero-order valence-electron chi connectivity index (χ0n) is 11.0. The van der Waals surface area contributed by atoms with E-state index in [1.807, 2.05) is 11.9 Å². The van der Waals surface area contributed by atoms with Gasteiger partial charge < -0.3 is 10.6 Å². The normalized spacial score (nSPS) is 21.5. The first-order valence-electron chi connectivity index (χ1n) is 6.48. The molecule has 3 nitrogen and oxygen atoms in total. The number of nitrogens with zero attached hydrogens (tertiary/aromatic N) is 1. The van der Waals surface area contributed by atoms with Crippen molar-refractivity contribution in [3.63, 3.8) is 0 Å². The average molecular weight is 226 g/mol. The van der Waals surface area contributed by atoms with E-state index in [1.165, 1.54) is 19.3 Å². The molecule has 2 N–H and O–H groups in total. The summed E-state index contributed by atoms with van der Waals surface area (Å²) in [6, 6.07) is 0.260. The Morgan fingerprint density at radius 2 is 1.94 bits per heavy atom. The summed E-state index contributed by atoms with van der Waals surface area (Å²) in [5.74, 6) is 0.313. The van der Waals surface area contributed by atoms with E-state index >= 15 is 0 Å². The van der Waals surface area contributed by atoms with Crippen LogP contribution in [0, 0.1) is 5.41 Å². The van der Waals surface area contributed by atoms with Gasteiger partial charge in [-0.2, -0.15) is 0 Å². The summed E-state index contributed by atoms with van der Waals surface area (Å²) in [5, 5.41) is 0. The monoisotopic (exact) mass is 226 g/mol. The van der Waals surface area contributed by atoms with Gasteiger partial charge in [0.1, 0.15) is 0 Å². The summed E-state index contributed by atoms with van der Waals surface area (Å²) < 4.78 is 0. The Morgan fingerprint density at radius 3 is 2.44 bits per heavy atom. The Balaban J connectivity index is 2.61. The van der Waals surface area contributed by atoms with Gasteiger partial charge in [-0.15, -0.1) is 0 Å². The Hall–Kier alpha value is -0.570. The maximum absolute atomic E-state index is 12.4. The van der Waals surface area contributed by atoms with Crippen molar-refractivity contribution in [2.24, 2.45) is 11.1 Å². The molecule has 94 valence electrons. The molecule has 1 aliphatic rings. The maximum atomic E-state index is 12.4. The molecule has 1 saturated carbocycles. The zero-order valence-corrected chi connectivity index (χ0v) is 11.0. The Bertz CT molecular complexity index is 234. The lowest BCUT2D eigenvalue weighted by Gasteiger charge is -2.38. The van der Waals surface area contributed by atoms with E-state index in [4.69, 9.17) is 5.73 Å². The largest absolute Gasteiger partial charge is 0.343 e. The molecule has 0 aromatic heterocycles. The SMILES string of the molecule is CC(CCN)N(C)C(=O)C1(C)CCCCC1.